The van der Waals surface area contributed by atoms with Gasteiger partial charge in [-0.25, -0.2) is 13.1 Å². The first-order chi connectivity index (χ1) is 11.9. The topological polar surface area (TPSA) is 83.4 Å². The first-order valence-electron chi connectivity index (χ1n) is 8.17. The van der Waals surface area contributed by atoms with Crippen molar-refractivity contribution in [2.75, 3.05) is 30.4 Å². The first-order valence-corrected chi connectivity index (χ1v) is 9.66. The van der Waals surface area contributed by atoms with Crippen LogP contribution < -0.4 is 14.9 Å². The highest BCUT2D eigenvalue weighted by Gasteiger charge is 2.21. The zero-order valence-electron chi connectivity index (χ0n) is 14.3. The maximum atomic E-state index is 12.7. The van der Waals surface area contributed by atoms with Crippen molar-refractivity contribution in [3.8, 4) is 0 Å². The molecule has 1 fully saturated rings. The van der Waals surface area contributed by atoms with Crippen molar-refractivity contribution in [2.24, 2.45) is 7.05 Å². The number of nitrogens with one attached hydrogen (secondary N) is 2. The van der Waals surface area contributed by atoms with Crippen LogP contribution in [0.3, 0.4) is 0 Å². The molecular weight excluding hydrogens is 340 g/mol. The second-order valence-electron chi connectivity index (χ2n) is 6.04. The van der Waals surface area contributed by atoms with Crippen molar-refractivity contribution in [1.29, 1.82) is 0 Å². The Kier molecular flexibility index (Phi) is 4.82. The van der Waals surface area contributed by atoms with Gasteiger partial charge in [-0.1, -0.05) is 12.1 Å². The van der Waals surface area contributed by atoms with E-state index in [2.05, 4.69) is 14.9 Å². The third-order valence-corrected chi connectivity index (χ3v) is 5.77. The van der Waals surface area contributed by atoms with Crippen LogP contribution in [-0.2, 0) is 17.1 Å². The van der Waals surface area contributed by atoms with Gasteiger partial charge in [0.25, 0.3) is 5.91 Å². The molecule has 134 valence electrons. The molecule has 3 rings (SSSR count). The summed E-state index contributed by atoms with van der Waals surface area (Å²) in [5, 5.41) is 2.91. The Morgan fingerprint density at radius 3 is 2.52 bits per heavy atom. The monoisotopic (exact) mass is 362 g/mol. The fourth-order valence-corrected chi connectivity index (χ4v) is 3.82. The van der Waals surface area contributed by atoms with Crippen molar-refractivity contribution >= 4 is 27.3 Å². The number of hydrogen-bond acceptors (Lipinski definition) is 4. The van der Waals surface area contributed by atoms with Gasteiger partial charge >= 0.3 is 0 Å². The lowest BCUT2D eigenvalue weighted by molar-refractivity contribution is 0.101. The van der Waals surface area contributed by atoms with E-state index in [1.54, 1.807) is 7.05 Å². The van der Waals surface area contributed by atoms with Crippen LogP contribution in [0, 0.1) is 0 Å². The second kappa shape index (κ2) is 6.89. The molecule has 25 heavy (non-hydrogen) atoms. The third-order valence-electron chi connectivity index (χ3n) is 4.39. The molecule has 1 aromatic heterocycles. The smallest absolute Gasteiger partial charge is 0.272 e. The highest BCUT2D eigenvalue weighted by molar-refractivity contribution is 7.89. The van der Waals surface area contributed by atoms with Crippen molar-refractivity contribution in [3.05, 3.63) is 42.2 Å². The van der Waals surface area contributed by atoms with E-state index in [9.17, 15) is 13.2 Å². The molecule has 1 aliphatic heterocycles. The number of para-hydroxylation sites is 2. The number of sulfonamides is 1. The van der Waals surface area contributed by atoms with Crippen LogP contribution in [-0.4, -0.2) is 39.0 Å². The lowest BCUT2D eigenvalue weighted by atomic mass is 10.2. The summed E-state index contributed by atoms with van der Waals surface area (Å²) in [5.41, 5.74) is 2.00. The molecule has 0 bridgehead atoms. The van der Waals surface area contributed by atoms with Crippen LogP contribution in [0.15, 0.2) is 41.4 Å². The van der Waals surface area contributed by atoms with Gasteiger partial charge in [0, 0.05) is 26.3 Å². The molecule has 1 saturated heterocycles. The average Bonchev–Trinajstić information content (AvgIpc) is 3.25. The number of benzene rings is 1. The Morgan fingerprint density at radius 1 is 1.16 bits per heavy atom. The quantitative estimate of drug-likeness (QED) is 0.849. The number of anilines is 2. The minimum Gasteiger partial charge on any atom is -0.370 e. The van der Waals surface area contributed by atoms with Crippen LogP contribution in [0.2, 0.25) is 0 Å². The molecule has 0 saturated carbocycles. The SMILES string of the molecule is CNS(=O)(=O)c1cc(C(=O)Nc2ccccc2N2CCCC2)n(C)c1. The molecule has 1 aromatic carbocycles. The minimum absolute atomic E-state index is 0.0653. The molecule has 2 heterocycles. The summed E-state index contributed by atoms with van der Waals surface area (Å²) in [6, 6.07) is 9.04. The predicted molar refractivity (Wildman–Crippen MR) is 97.5 cm³/mol. The van der Waals surface area contributed by atoms with E-state index >= 15 is 0 Å². The molecule has 2 aromatic rings. The Morgan fingerprint density at radius 2 is 1.84 bits per heavy atom. The van der Waals surface area contributed by atoms with E-state index in [0.717, 1.165) is 37.3 Å². The molecule has 0 spiro atoms. The van der Waals surface area contributed by atoms with E-state index < -0.39 is 10.0 Å². The number of aromatic nitrogens is 1. The Labute approximate surface area is 147 Å². The summed E-state index contributed by atoms with van der Waals surface area (Å²) < 4.78 is 27.6. The Bertz CT molecular complexity index is 883. The van der Waals surface area contributed by atoms with E-state index in [0.29, 0.717) is 0 Å². The van der Waals surface area contributed by atoms with E-state index in [-0.39, 0.29) is 16.5 Å². The number of carbonyl (C=O) groups is 1. The number of amides is 1. The van der Waals surface area contributed by atoms with Crippen LogP contribution in [0.1, 0.15) is 23.3 Å². The van der Waals surface area contributed by atoms with E-state index in [4.69, 9.17) is 0 Å². The second-order valence-corrected chi connectivity index (χ2v) is 7.93. The van der Waals surface area contributed by atoms with E-state index in [1.807, 2.05) is 24.3 Å². The molecule has 1 aliphatic rings. The Hall–Kier alpha value is -2.32. The van der Waals surface area contributed by atoms with Gasteiger partial charge in [0.1, 0.15) is 10.6 Å². The molecule has 0 unspecified atom stereocenters. The van der Waals surface area contributed by atoms with Crippen molar-refractivity contribution in [1.82, 2.24) is 9.29 Å². The van der Waals surface area contributed by atoms with Crippen LogP contribution in [0.5, 0.6) is 0 Å². The van der Waals surface area contributed by atoms with Gasteiger partial charge in [-0.2, -0.15) is 0 Å². The normalized spacial score (nSPS) is 14.7. The van der Waals surface area contributed by atoms with Crippen LogP contribution in [0.4, 0.5) is 11.4 Å². The fourth-order valence-electron chi connectivity index (χ4n) is 3.02. The van der Waals surface area contributed by atoms with Gasteiger partial charge in [0.05, 0.1) is 11.4 Å². The summed E-state index contributed by atoms with van der Waals surface area (Å²) in [4.78, 5) is 15.0. The maximum Gasteiger partial charge on any atom is 0.272 e. The van der Waals surface area contributed by atoms with Gasteiger partial charge in [0.15, 0.2) is 0 Å². The van der Waals surface area contributed by atoms with Gasteiger partial charge in [-0.15, -0.1) is 0 Å². The molecule has 0 radical (unpaired) electrons. The molecule has 1 amide bonds. The highest BCUT2D eigenvalue weighted by atomic mass is 32.2. The standard InChI is InChI=1S/C17H22N4O3S/c1-18-25(23,24)13-11-16(20(2)12-13)17(22)19-14-7-3-4-8-15(14)21-9-5-6-10-21/h3-4,7-8,11-12,18H,5-6,9-10H2,1-2H3,(H,19,22). The van der Waals surface area contributed by atoms with Crippen molar-refractivity contribution in [3.63, 3.8) is 0 Å². The fraction of sp³-hybridized carbons (Fsp3) is 0.353. The highest BCUT2D eigenvalue weighted by Crippen LogP contribution is 2.29. The summed E-state index contributed by atoms with van der Waals surface area (Å²) >= 11 is 0. The van der Waals surface area contributed by atoms with Crippen molar-refractivity contribution in [2.45, 2.75) is 17.7 Å². The first kappa shape index (κ1) is 17.5. The summed E-state index contributed by atoms with van der Waals surface area (Å²) in [7, 11) is -0.596. The zero-order chi connectivity index (χ0) is 18.0. The molecule has 0 atom stereocenters. The predicted octanol–water partition coefficient (Wildman–Crippen LogP) is 1.79. The number of aryl methyl sites for hydroxylation is 1. The van der Waals surface area contributed by atoms with E-state index in [1.165, 1.54) is 23.9 Å². The molecule has 0 aliphatic carbocycles. The van der Waals surface area contributed by atoms with Gasteiger partial charge in [-0.3, -0.25) is 4.79 Å². The summed E-state index contributed by atoms with van der Waals surface area (Å²) in [6.07, 6.45) is 3.71. The molecule has 2 N–H and O–H groups in total. The lowest BCUT2D eigenvalue weighted by Gasteiger charge is -2.21. The van der Waals surface area contributed by atoms with Crippen LogP contribution >= 0.6 is 0 Å². The van der Waals surface area contributed by atoms with Gasteiger partial charge in [0.2, 0.25) is 10.0 Å². The number of carbonyl (C=O) groups excluding carboxylic acids is 1. The molecular formula is C17H22N4O3S. The lowest BCUT2D eigenvalue weighted by Crippen LogP contribution is -2.22. The molecule has 8 heteroatoms. The largest absolute Gasteiger partial charge is 0.370 e. The zero-order valence-corrected chi connectivity index (χ0v) is 15.1. The summed E-state index contributed by atoms with van der Waals surface area (Å²) in [6.45, 7) is 1.95. The number of rotatable bonds is 5. The Balaban J connectivity index is 1.86. The van der Waals surface area contributed by atoms with Gasteiger partial charge < -0.3 is 14.8 Å². The maximum absolute atomic E-state index is 12.7. The third kappa shape index (κ3) is 3.54. The number of hydrogen-bond donors (Lipinski definition) is 2. The van der Waals surface area contributed by atoms with Gasteiger partial charge in [-0.05, 0) is 38.1 Å². The summed E-state index contributed by atoms with van der Waals surface area (Å²) in [5.74, 6) is -0.341. The minimum atomic E-state index is -3.59. The van der Waals surface area contributed by atoms with Crippen LogP contribution in [0.25, 0.3) is 0 Å². The number of nitrogens with zero attached hydrogens (tertiary/aromatic N) is 2. The average molecular weight is 362 g/mol. The molecule has 7 nitrogen and oxygen atoms in total. The van der Waals surface area contributed by atoms with Crippen molar-refractivity contribution < 1.29 is 13.2 Å².